The average Bonchev–Trinajstić information content (AvgIpc) is 2.50. The lowest BCUT2D eigenvalue weighted by atomic mass is 9.86. The smallest absolute Gasteiger partial charge is 0.327 e. The molecule has 1 fully saturated rings. The molecule has 1 aliphatic rings. The molecule has 0 saturated heterocycles. The van der Waals surface area contributed by atoms with Crippen molar-refractivity contribution in [3.8, 4) is 0 Å². The number of nitrogens with one attached hydrogen (secondary N) is 1. The molecule has 0 aliphatic heterocycles. The molecule has 3 atom stereocenters. The Balaban J connectivity index is 2.00. The van der Waals surface area contributed by atoms with Gasteiger partial charge in [-0.05, 0) is 31.2 Å². The van der Waals surface area contributed by atoms with Gasteiger partial charge in [0.2, 0.25) is 0 Å². The molecule has 0 spiro atoms. The number of aliphatic hydroxyl groups excluding tert-OH is 1. The van der Waals surface area contributed by atoms with Crippen LogP contribution in [0.5, 0.6) is 0 Å². The fraction of sp³-hybridized carbons (Fsp3) is 0.588. The van der Waals surface area contributed by atoms with Gasteiger partial charge in [-0.15, -0.1) is 0 Å². The van der Waals surface area contributed by atoms with Gasteiger partial charge in [-0.2, -0.15) is 0 Å². The van der Waals surface area contributed by atoms with Crippen LogP contribution in [0.25, 0.3) is 0 Å². The van der Waals surface area contributed by atoms with E-state index >= 15 is 0 Å². The summed E-state index contributed by atoms with van der Waals surface area (Å²) < 4.78 is 5.16. The Bertz CT molecular complexity index is 435. The van der Waals surface area contributed by atoms with Gasteiger partial charge >= 0.3 is 5.97 Å². The summed E-state index contributed by atoms with van der Waals surface area (Å²) in [5.74, 6) is -0.0339. The summed E-state index contributed by atoms with van der Waals surface area (Å²) in [6.45, 7) is 2.82. The predicted octanol–water partition coefficient (Wildman–Crippen LogP) is 2.43. The van der Waals surface area contributed by atoms with Crippen molar-refractivity contribution in [3.63, 3.8) is 0 Å². The van der Waals surface area contributed by atoms with Crippen molar-refractivity contribution in [2.75, 3.05) is 13.2 Å². The zero-order chi connectivity index (χ0) is 15.1. The summed E-state index contributed by atoms with van der Waals surface area (Å²) >= 11 is 0. The molecular weight excluding hydrogens is 266 g/mol. The van der Waals surface area contributed by atoms with Crippen LogP contribution in [-0.4, -0.2) is 30.3 Å². The topological polar surface area (TPSA) is 58.6 Å². The molecule has 4 nitrogen and oxygen atoms in total. The first-order valence-corrected chi connectivity index (χ1v) is 7.85. The largest absolute Gasteiger partial charge is 0.465 e. The molecule has 2 N–H and O–H groups in total. The maximum atomic E-state index is 12.2. The van der Waals surface area contributed by atoms with E-state index in [1.807, 2.05) is 37.3 Å². The molecule has 2 rings (SSSR count). The van der Waals surface area contributed by atoms with Crippen molar-refractivity contribution in [1.82, 2.24) is 5.32 Å². The summed E-state index contributed by atoms with van der Waals surface area (Å²) in [6, 6.07) is 9.14. The molecule has 3 unspecified atom stereocenters. The second-order valence-electron chi connectivity index (χ2n) is 5.62. The number of ether oxygens (including phenoxy) is 1. The molecule has 1 aromatic carbocycles. The molecule has 0 heterocycles. The van der Waals surface area contributed by atoms with Crippen molar-refractivity contribution in [1.29, 1.82) is 0 Å². The summed E-state index contributed by atoms with van der Waals surface area (Å²) in [5, 5.41) is 13.3. The van der Waals surface area contributed by atoms with Crippen LogP contribution in [0, 0.1) is 5.92 Å². The lowest BCUT2D eigenvalue weighted by molar-refractivity contribution is -0.146. The third-order valence-electron chi connectivity index (χ3n) is 4.11. The van der Waals surface area contributed by atoms with Crippen molar-refractivity contribution in [2.45, 2.75) is 44.8 Å². The second kappa shape index (κ2) is 8.15. The molecule has 0 bridgehead atoms. The molecular formula is C17H25NO3. The highest BCUT2D eigenvalue weighted by Crippen LogP contribution is 2.25. The molecule has 0 radical (unpaired) electrons. The molecule has 0 amide bonds. The third kappa shape index (κ3) is 4.55. The van der Waals surface area contributed by atoms with Crippen molar-refractivity contribution < 1.29 is 14.6 Å². The average molecular weight is 291 g/mol. The van der Waals surface area contributed by atoms with E-state index in [1.54, 1.807) is 0 Å². The quantitative estimate of drug-likeness (QED) is 0.790. The van der Waals surface area contributed by atoms with Crippen LogP contribution < -0.4 is 5.32 Å². The Hall–Kier alpha value is -1.39. The fourth-order valence-corrected chi connectivity index (χ4v) is 2.90. The number of aliphatic hydroxyl groups is 1. The van der Waals surface area contributed by atoms with Gasteiger partial charge in [-0.25, -0.2) is 4.79 Å². The highest BCUT2D eigenvalue weighted by atomic mass is 16.5. The summed E-state index contributed by atoms with van der Waals surface area (Å²) in [6.07, 6.45) is 3.86. The van der Waals surface area contributed by atoms with E-state index in [4.69, 9.17) is 4.74 Å². The van der Waals surface area contributed by atoms with Gasteiger partial charge in [0.25, 0.3) is 0 Å². The minimum absolute atomic E-state index is 0.222. The van der Waals surface area contributed by atoms with Gasteiger partial charge < -0.3 is 15.2 Å². The van der Waals surface area contributed by atoms with Crippen molar-refractivity contribution in [3.05, 3.63) is 35.9 Å². The summed E-state index contributed by atoms with van der Waals surface area (Å²) in [4.78, 5) is 12.2. The maximum absolute atomic E-state index is 12.2. The second-order valence-corrected chi connectivity index (χ2v) is 5.62. The van der Waals surface area contributed by atoms with Crippen LogP contribution in [0.15, 0.2) is 30.3 Å². The number of carbonyl (C=O) groups is 1. The van der Waals surface area contributed by atoms with E-state index in [-0.39, 0.29) is 18.0 Å². The highest BCUT2D eigenvalue weighted by molar-refractivity contribution is 5.77. The van der Waals surface area contributed by atoms with E-state index < -0.39 is 6.04 Å². The monoisotopic (exact) mass is 291 g/mol. The van der Waals surface area contributed by atoms with Crippen LogP contribution in [-0.2, 0) is 9.53 Å². The lowest BCUT2D eigenvalue weighted by Gasteiger charge is -2.29. The Morgan fingerprint density at radius 3 is 2.71 bits per heavy atom. The molecule has 4 heteroatoms. The SMILES string of the molecule is CCOC(=O)C(NCC1CCCCC1O)c1ccccc1. The number of hydrogen-bond donors (Lipinski definition) is 2. The Kier molecular flexibility index (Phi) is 6.21. The van der Waals surface area contributed by atoms with E-state index in [0.29, 0.717) is 13.2 Å². The third-order valence-corrected chi connectivity index (χ3v) is 4.11. The zero-order valence-corrected chi connectivity index (χ0v) is 12.6. The number of rotatable bonds is 6. The number of carbonyl (C=O) groups excluding carboxylic acids is 1. The van der Waals surface area contributed by atoms with Gasteiger partial charge in [-0.3, -0.25) is 0 Å². The first kappa shape index (κ1) is 16.0. The van der Waals surface area contributed by atoms with Crippen LogP contribution in [0.2, 0.25) is 0 Å². The zero-order valence-electron chi connectivity index (χ0n) is 12.6. The predicted molar refractivity (Wildman–Crippen MR) is 81.8 cm³/mol. The number of esters is 1. The number of benzene rings is 1. The van der Waals surface area contributed by atoms with E-state index in [1.165, 1.54) is 0 Å². The normalized spacial score (nSPS) is 23.5. The minimum atomic E-state index is -0.458. The van der Waals surface area contributed by atoms with Crippen LogP contribution in [0.1, 0.15) is 44.2 Å². The van der Waals surface area contributed by atoms with E-state index in [2.05, 4.69) is 5.32 Å². The molecule has 1 saturated carbocycles. The Morgan fingerprint density at radius 1 is 1.33 bits per heavy atom. The minimum Gasteiger partial charge on any atom is -0.465 e. The van der Waals surface area contributed by atoms with Crippen molar-refractivity contribution >= 4 is 5.97 Å². The fourth-order valence-electron chi connectivity index (χ4n) is 2.90. The first-order chi connectivity index (χ1) is 10.2. The highest BCUT2D eigenvalue weighted by Gasteiger charge is 2.26. The van der Waals surface area contributed by atoms with E-state index in [0.717, 1.165) is 31.2 Å². The van der Waals surface area contributed by atoms with E-state index in [9.17, 15) is 9.90 Å². The summed E-state index contributed by atoms with van der Waals surface area (Å²) in [5.41, 5.74) is 0.904. The van der Waals surface area contributed by atoms with Crippen LogP contribution in [0.4, 0.5) is 0 Å². The molecule has 1 aromatic rings. The van der Waals surface area contributed by atoms with Gasteiger partial charge in [0, 0.05) is 6.54 Å². The van der Waals surface area contributed by atoms with Crippen LogP contribution >= 0.6 is 0 Å². The molecule has 0 aromatic heterocycles. The number of hydrogen-bond acceptors (Lipinski definition) is 4. The van der Waals surface area contributed by atoms with Gasteiger partial charge in [0.1, 0.15) is 6.04 Å². The molecule has 1 aliphatic carbocycles. The molecule has 21 heavy (non-hydrogen) atoms. The van der Waals surface area contributed by atoms with Gasteiger partial charge in [0.05, 0.1) is 12.7 Å². The first-order valence-electron chi connectivity index (χ1n) is 7.85. The molecule has 116 valence electrons. The van der Waals surface area contributed by atoms with Gasteiger partial charge in [-0.1, -0.05) is 43.2 Å². The maximum Gasteiger partial charge on any atom is 0.327 e. The van der Waals surface area contributed by atoms with Crippen LogP contribution in [0.3, 0.4) is 0 Å². The standard InChI is InChI=1S/C17H25NO3/c1-2-21-17(20)16(13-8-4-3-5-9-13)18-12-14-10-6-7-11-15(14)19/h3-5,8-9,14-16,18-19H,2,6-7,10-12H2,1H3. The van der Waals surface area contributed by atoms with Crippen molar-refractivity contribution in [2.24, 2.45) is 5.92 Å². The Labute approximate surface area is 126 Å². The van der Waals surface area contributed by atoms with Gasteiger partial charge in [0.15, 0.2) is 0 Å². The Morgan fingerprint density at radius 2 is 2.05 bits per heavy atom. The summed E-state index contributed by atoms with van der Waals surface area (Å²) in [7, 11) is 0. The lowest BCUT2D eigenvalue weighted by Crippen LogP contribution is -2.38.